The highest BCUT2D eigenvalue weighted by atomic mass is 32.1. The van der Waals surface area contributed by atoms with E-state index >= 15 is 0 Å². The molecule has 0 spiro atoms. The van der Waals surface area contributed by atoms with Crippen LogP contribution in [0, 0.1) is 0 Å². The summed E-state index contributed by atoms with van der Waals surface area (Å²) < 4.78 is 5.04. The van der Waals surface area contributed by atoms with Crippen LogP contribution in [0.4, 0.5) is 5.00 Å². The zero-order chi connectivity index (χ0) is 13.0. The number of carbonyl (C=O) groups is 2. The highest BCUT2D eigenvalue weighted by molar-refractivity contribution is 7.14. The third-order valence-corrected chi connectivity index (χ3v) is 2.94. The largest absolute Gasteiger partial charge is 0.465 e. The molecule has 0 saturated heterocycles. The van der Waals surface area contributed by atoms with Gasteiger partial charge in [-0.3, -0.25) is 9.59 Å². The molecule has 0 fully saturated rings. The first kappa shape index (κ1) is 12.1. The maximum absolute atomic E-state index is 11.6. The lowest BCUT2D eigenvalue weighted by atomic mass is 10.3. The molecule has 2 rings (SSSR count). The fourth-order valence-electron chi connectivity index (χ4n) is 1.30. The molecule has 5 nitrogen and oxygen atoms in total. The molecule has 0 bridgehead atoms. The van der Waals surface area contributed by atoms with Crippen molar-refractivity contribution in [1.29, 1.82) is 0 Å². The van der Waals surface area contributed by atoms with Gasteiger partial charge in [-0.25, -0.2) is 0 Å². The standard InChI is InChI=1S/C12H10N2O3S/c13-11(16)9-5-7-18-12(9)14-10(15)4-3-8-2-1-6-17-8/h1-7H,(H2,13,16)(H,14,15). The molecule has 0 unspecified atom stereocenters. The van der Waals surface area contributed by atoms with Gasteiger partial charge in [0.1, 0.15) is 10.8 Å². The van der Waals surface area contributed by atoms with Crippen LogP contribution in [-0.4, -0.2) is 11.8 Å². The van der Waals surface area contributed by atoms with Gasteiger partial charge in [0.15, 0.2) is 0 Å². The molecule has 0 aliphatic rings. The molecule has 0 aliphatic carbocycles. The first-order valence-corrected chi connectivity index (χ1v) is 5.94. The summed E-state index contributed by atoms with van der Waals surface area (Å²) in [7, 11) is 0. The predicted octanol–water partition coefficient (Wildman–Crippen LogP) is 2.09. The number of anilines is 1. The van der Waals surface area contributed by atoms with Gasteiger partial charge in [0.25, 0.3) is 5.91 Å². The van der Waals surface area contributed by atoms with E-state index in [4.69, 9.17) is 10.2 Å². The number of primary amides is 1. The third-order valence-electron chi connectivity index (χ3n) is 2.11. The van der Waals surface area contributed by atoms with E-state index in [0.717, 1.165) is 0 Å². The Labute approximate surface area is 107 Å². The first-order chi connectivity index (χ1) is 8.66. The lowest BCUT2D eigenvalue weighted by Crippen LogP contribution is -2.14. The minimum atomic E-state index is -0.568. The van der Waals surface area contributed by atoms with Gasteiger partial charge in [-0.2, -0.15) is 0 Å². The fraction of sp³-hybridized carbons (Fsp3) is 0. The van der Waals surface area contributed by atoms with Crippen molar-refractivity contribution in [3.8, 4) is 0 Å². The van der Waals surface area contributed by atoms with Crippen molar-refractivity contribution in [3.05, 3.63) is 47.2 Å². The van der Waals surface area contributed by atoms with Crippen molar-refractivity contribution in [2.45, 2.75) is 0 Å². The Morgan fingerprint density at radius 1 is 1.39 bits per heavy atom. The number of amides is 2. The van der Waals surface area contributed by atoms with Crippen LogP contribution in [0.2, 0.25) is 0 Å². The average Bonchev–Trinajstić information content (AvgIpc) is 2.96. The molecule has 3 N–H and O–H groups in total. The highest BCUT2D eigenvalue weighted by Gasteiger charge is 2.10. The van der Waals surface area contributed by atoms with Gasteiger partial charge in [-0.1, -0.05) is 0 Å². The number of furan rings is 1. The van der Waals surface area contributed by atoms with E-state index in [1.54, 1.807) is 23.6 Å². The Morgan fingerprint density at radius 3 is 2.89 bits per heavy atom. The maximum Gasteiger partial charge on any atom is 0.251 e. The summed E-state index contributed by atoms with van der Waals surface area (Å²) in [6, 6.07) is 5.02. The van der Waals surface area contributed by atoms with Crippen LogP contribution in [0.15, 0.2) is 40.3 Å². The lowest BCUT2D eigenvalue weighted by molar-refractivity contribution is -0.111. The minimum Gasteiger partial charge on any atom is -0.465 e. The fourth-order valence-corrected chi connectivity index (χ4v) is 2.09. The number of nitrogens with one attached hydrogen (secondary N) is 1. The van der Waals surface area contributed by atoms with Crippen molar-refractivity contribution >= 4 is 34.2 Å². The van der Waals surface area contributed by atoms with Crippen LogP contribution in [-0.2, 0) is 4.79 Å². The molecule has 0 aromatic carbocycles. The molecule has 0 radical (unpaired) electrons. The Bertz CT molecular complexity index is 584. The molecule has 92 valence electrons. The molecule has 6 heteroatoms. The van der Waals surface area contributed by atoms with E-state index < -0.39 is 5.91 Å². The van der Waals surface area contributed by atoms with E-state index in [1.807, 2.05) is 0 Å². The van der Waals surface area contributed by atoms with Crippen LogP contribution < -0.4 is 11.1 Å². The smallest absolute Gasteiger partial charge is 0.251 e. The summed E-state index contributed by atoms with van der Waals surface area (Å²) in [6.07, 6.45) is 4.37. The molecular formula is C12H10N2O3S. The van der Waals surface area contributed by atoms with Gasteiger partial charge < -0.3 is 15.5 Å². The second kappa shape index (κ2) is 5.33. The molecule has 2 amide bonds. The summed E-state index contributed by atoms with van der Waals surface area (Å²) in [5, 5.41) is 4.71. The normalized spacial score (nSPS) is 10.7. The lowest BCUT2D eigenvalue weighted by Gasteiger charge is -2.00. The highest BCUT2D eigenvalue weighted by Crippen LogP contribution is 2.22. The molecule has 2 aromatic heterocycles. The Kier molecular flexibility index (Phi) is 3.59. The average molecular weight is 262 g/mol. The number of rotatable bonds is 4. The van der Waals surface area contributed by atoms with Crippen LogP contribution in [0.3, 0.4) is 0 Å². The Balaban J connectivity index is 2.03. The predicted molar refractivity (Wildman–Crippen MR) is 69.2 cm³/mol. The topological polar surface area (TPSA) is 85.3 Å². The number of thiophene rings is 1. The molecule has 0 atom stereocenters. The van der Waals surface area contributed by atoms with Gasteiger partial charge in [0.05, 0.1) is 11.8 Å². The van der Waals surface area contributed by atoms with Crippen molar-refractivity contribution in [1.82, 2.24) is 0 Å². The number of carbonyl (C=O) groups excluding carboxylic acids is 2. The Hall–Kier alpha value is -2.34. The van der Waals surface area contributed by atoms with E-state index in [9.17, 15) is 9.59 Å². The summed E-state index contributed by atoms with van der Waals surface area (Å²) in [6.45, 7) is 0. The SMILES string of the molecule is NC(=O)c1ccsc1NC(=O)C=Cc1ccco1. The molecule has 2 heterocycles. The summed E-state index contributed by atoms with van der Waals surface area (Å²) in [5.74, 6) is -0.343. The van der Waals surface area contributed by atoms with E-state index in [1.165, 1.54) is 29.8 Å². The zero-order valence-corrected chi connectivity index (χ0v) is 10.1. The van der Waals surface area contributed by atoms with Crippen LogP contribution in [0.25, 0.3) is 6.08 Å². The summed E-state index contributed by atoms with van der Waals surface area (Å²) in [5.41, 5.74) is 5.47. The number of nitrogens with two attached hydrogens (primary N) is 1. The second-order valence-electron chi connectivity index (χ2n) is 3.37. The van der Waals surface area contributed by atoms with Gasteiger partial charge in [-0.05, 0) is 29.7 Å². The van der Waals surface area contributed by atoms with Gasteiger partial charge in [-0.15, -0.1) is 11.3 Å². The van der Waals surface area contributed by atoms with Crippen molar-refractivity contribution in [2.24, 2.45) is 5.73 Å². The molecule has 18 heavy (non-hydrogen) atoms. The number of hydrogen-bond donors (Lipinski definition) is 2. The van der Waals surface area contributed by atoms with E-state index in [0.29, 0.717) is 16.3 Å². The molecular weight excluding hydrogens is 252 g/mol. The molecule has 0 saturated carbocycles. The number of hydrogen-bond acceptors (Lipinski definition) is 4. The maximum atomic E-state index is 11.6. The van der Waals surface area contributed by atoms with Crippen LogP contribution in [0.5, 0.6) is 0 Å². The van der Waals surface area contributed by atoms with E-state index in [-0.39, 0.29) is 5.91 Å². The second-order valence-corrected chi connectivity index (χ2v) is 4.28. The van der Waals surface area contributed by atoms with E-state index in [2.05, 4.69) is 5.32 Å². The van der Waals surface area contributed by atoms with Gasteiger partial charge >= 0.3 is 0 Å². The first-order valence-electron chi connectivity index (χ1n) is 5.06. The molecule has 0 aliphatic heterocycles. The summed E-state index contributed by atoms with van der Waals surface area (Å²) >= 11 is 1.24. The van der Waals surface area contributed by atoms with Crippen LogP contribution in [0.1, 0.15) is 16.1 Å². The zero-order valence-electron chi connectivity index (χ0n) is 9.25. The van der Waals surface area contributed by atoms with Crippen molar-refractivity contribution in [2.75, 3.05) is 5.32 Å². The Morgan fingerprint density at radius 2 is 2.22 bits per heavy atom. The van der Waals surface area contributed by atoms with Crippen LogP contribution >= 0.6 is 11.3 Å². The summed E-state index contributed by atoms with van der Waals surface area (Å²) in [4.78, 5) is 22.6. The quantitative estimate of drug-likeness (QED) is 0.827. The van der Waals surface area contributed by atoms with Crippen molar-refractivity contribution < 1.29 is 14.0 Å². The molecule has 2 aromatic rings. The third kappa shape index (κ3) is 2.86. The van der Waals surface area contributed by atoms with Gasteiger partial charge in [0, 0.05) is 6.08 Å². The van der Waals surface area contributed by atoms with Crippen molar-refractivity contribution in [3.63, 3.8) is 0 Å². The monoisotopic (exact) mass is 262 g/mol. The van der Waals surface area contributed by atoms with Gasteiger partial charge in [0.2, 0.25) is 5.91 Å². The minimum absolute atomic E-state index is 0.305.